The number of imide groups is 1. The number of hydrogen-bond acceptors (Lipinski definition) is 4. The summed E-state index contributed by atoms with van der Waals surface area (Å²) in [4.78, 5) is 22.7. The van der Waals surface area contributed by atoms with E-state index in [1.165, 1.54) is 7.05 Å². The van der Waals surface area contributed by atoms with Crippen LogP contribution in [0.1, 0.15) is 0 Å². The second kappa shape index (κ2) is 5.84. The van der Waals surface area contributed by atoms with Crippen molar-refractivity contribution in [2.75, 3.05) is 26.0 Å². The first kappa shape index (κ1) is 11.2. The van der Waals surface area contributed by atoms with Crippen LogP contribution in [0.5, 0.6) is 0 Å². The summed E-state index contributed by atoms with van der Waals surface area (Å²) in [6.07, 6.45) is 0. The van der Waals surface area contributed by atoms with Gasteiger partial charge in [-0.05, 0) is 0 Å². The Kier molecular flexibility index (Phi) is 5.48. The van der Waals surface area contributed by atoms with Gasteiger partial charge in [0.1, 0.15) is 6.61 Å². The van der Waals surface area contributed by atoms with Gasteiger partial charge in [-0.15, -0.1) is 0 Å². The molecule has 5 nitrogen and oxygen atoms in total. The predicted octanol–water partition coefficient (Wildman–Crippen LogP) is -0.923. The van der Waals surface area contributed by atoms with Crippen LogP contribution in [0.15, 0.2) is 0 Å². The van der Waals surface area contributed by atoms with Crippen LogP contribution < -0.4 is 5.32 Å². The number of carbonyl (C=O) groups excluding carboxylic acids is 2. The lowest BCUT2D eigenvalue weighted by Gasteiger charge is -2.17. The van der Waals surface area contributed by atoms with Gasteiger partial charge in [0, 0.05) is 19.3 Å². The van der Waals surface area contributed by atoms with Gasteiger partial charge in [0.15, 0.2) is 0 Å². The third-order valence-corrected chi connectivity index (χ3v) is 1.42. The summed E-state index contributed by atoms with van der Waals surface area (Å²) in [6.45, 7) is -0.469. The van der Waals surface area contributed by atoms with Crippen LogP contribution in [0.25, 0.3) is 0 Å². The quantitative estimate of drug-likeness (QED) is 0.506. The summed E-state index contributed by atoms with van der Waals surface area (Å²) < 4.78 is 0. The fraction of sp³-hybridized carbons (Fsp3) is 0.667. The van der Waals surface area contributed by atoms with Gasteiger partial charge in [0.25, 0.3) is 5.91 Å². The molecule has 0 aliphatic carbocycles. The lowest BCUT2D eigenvalue weighted by molar-refractivity contribution is -0.130. The highest BCUT2D eigenvalue weighted by molar-refractivity contribution is 7.80. The minimum atomic E-state index is -0.665. The lowest BCUT2D eigenvalue weighted by Crippen LogP contribution is -2.44. The topological polar surface area (TPSA) is 69.6 Å². The number of aliphatic hydroxyl groups excluding tert-OH is 1. The largest absolute Gasteiger partial charge is 0.387 e. The summed E-state index contributed by atoms with van der Waals surface area (Å²) in [5, 5.41) is 10.8. The predicted molar refractivity (Wildman–Crippen MR) is 47.1 cm³/mol. The van der Waals surface area contributed by atoms with Gasteiger partial charge in [-0.2, -0.15) is 12.6 Å². The van der Waals surface area contributed by atoms with Crippen LogP contribution in [0.3, 0.4) is 0 Å². The maximum absolute atomic E-state index is 11.0. The monoisotopic (exact) mass is 192 g/mol. The van der Waals surface area contributed by atoms with Crippen molar-refractivity contribution in [1.29, 1.82) is 0 Å². The van der Waals surface area contributed by atoms with Gasteiger partial charge in [-0.25, -0.2) is 4.79 Å². The Morgan fingerprint density at radius 3 is 2.50 bits per heavy atom. The molecule has 0 saturated carbocycles. The maximum Gasteiger partial charge on any atom is 0.323 e. The molecule has 0 spiro atoms. The maximum atomic E-state index is 11.0. The number of nitrogens with one attached hydrogen (secondary N) is 1. The van der Waals surface area contributed by atoms with Crippen LogP contribution in [0.4, 0.5) is 4.79 Å². The van der Waals surface area contributed by atoms with E-state index in [1.54, 1.807) is 0 Å². The van der Waals surface area contributed by atoms with Gasteiger partial charge >= 0.3 is 6.03 Å². The van der Waals surface area contributed by atoms with Crippen molar-refractivity contribution < 1.29 is 14.7 Å². The number of thiol groups is 1. The first-order chi connectivity index (χ1) is 5.67. The second-order valence-corrected chi connectivity index (χ2v) is 2.43. The fourth-order valence-corrected chi connectivity index (χ4v) is 0.860. The number of aliphatic hydroxyl groups is 1. The average molecular weight is 192 g/mol. The standard InChI is InChI=1S/C6H12N2O3S/c1-7-6(11)8(2-3-12)5(10)4-9/h9,12H,2-4H2,1H3,(H,7,11). The molecule has 0 aromatic heterocycles. The number of urea groups is 1. The van der Waals surface area contributed by atoms with Crippen LogP contribution in [-0.2, 0) is 4.79 Å². The molecular weight excluding hydrogens is 180 g/mol. The Balaban J connectivity index is 4.21. The molecule has 0 heterocycles. The van der Waals surface area contributed by atoms with Crippen molar-refractivity contribution in [2.45, 2.75) is 0 Å². The highest BCUT2D eigenvalue weighted by atomic mass is 32.1. The SMILES string of the molecule is CNC(=O)N(CCS)C(=O)CO. The highest BCUT2D eigenvalue weighted by Crippen LogP contribution is 1.91. The molecule has 0 aromatic rings. The molecule has 0 aliphatic heterocycles. The van der Waals surface area contributed by atoms with Crippen molar-refractivity contribution in [3.05, 3.63) is 0 Å². The second-order valence-electron chi connectivity index (χ2n) is 1.98. The molecule has 0 radical (unpaired) electrons. The minimum absolute atomic E-state index is 0.197. The van der Waals surface area contributed by atoms with Crippen LogP contribution in [0.2, 0.25) is 0 Å². The molecule has 0 aliphatic rings. The molecule has 0 bridgehead atoms. The molecule has 3 amide bonds. The minimum Gasteiger partial charge on any atom is -0.387 e. The molecule has 0 aromatic carbocycles. The van der Waals surface area contributed by atoms with Crippen molar-refractivity contribution in [1.82, 2.24) is 10.2 Å². The van der Waals surface area contributed by atoms with Gasteiger partial charge in [0.2, 0.25) is 0 Å². The van der Waals surface area contributed by atoms with Crippen LogP contribution >= 0.6 is 12.6 Å². The zero-order chi connectivity index (χ0) is 9.56. The molecule has 6 heteroatoms. The fourth-order valence-electron chi connectivity index (χ4n) is 0.660. The third-order valence-electron chi connectivity index (χ3n) is 1.22. The Bertz CT molecular complexity index is 158. The van der Waals surface area contributed by atoms with E-state index in [1.807, 2.05) is 0 Å². The molecule has 0 rings (SSSR count). The average Bonchev–Trinajstić information content (AvgIpc) is 2.11. The van der Waals surface area contributed by atoms with E-state index in [9.17, 15) is 9.59 Å². The van der Waals surface area contributed by atoms with Gasteiger partial charge in [0.05, 0.1) is 0 Å². The summed E-state index contributed by atoms with van der Waals surface area (Å²) in [7, 11) is 1.42. The summed E-state index contributed by atoms with van der Waals surface area (Å²) in [5.41, 5.74) is 0. The Hall–Kier alpha value is -0.750. The van der Waals surface area contributed by atoms with Gasteiger partial charge < -0.3 is 10.4 Å². The van der Waals surface area contributed by atoms with Gasteiger partial charge in [-0.1, -0.05) is 0 Å². The van der Waals surface area contributed by atoms with E-state index >= 15 is 0 Å². The highest BCUT2D eigenvalue weighted by Gasteiger charge is 2.17. The number of nitrogens with zero attached hydrogens (tertiary/aromatic N) is 1. The summed E-state index contributed by atoms with van der Waals surface area (Å²) >= 11 is 3.87. The number of amides is 3. The zero-order valence-electron chi connectivity index (χ0n) is 6.78. The summed E-state index contributed by atoms with van der Waals surface area (Å²) in [6, 6.07) is -0.525. The molecule has 0 unspecified atom stereocenters. The number of hydrogen-bond donors (Lipinski definition) is 3. The number of carbonyl (C=O) groups is 2. The first-order valence-corrected chi connectivity index (χ1v) is 4.04. The van der Waals surface area contributed by atoms with E-state index in [0.29, 0.717) is 5.75 Å². The lowest BCUT2D eigenvalue weighted by atomic mass is 10.5. The Labute approximate surface area is 76.1 Å². The molecule has 12 heavy (non-hydrogen) atoms. The third kappa shape index (κ3) is 3.10. The smallest absolute Gasteiger partial charge is 0.323 e. The van der Waals surface area contributed by atoms with E-state index in [-0.39, 0.29) is 6.54 Å². The Morgan fingerprint density at radius 2 is 2.17 bits per heavy atom. The normalized spacial score (nSPS) is 9.25. The van der Waals surface area contributed by atoms with Crippen molar-refractivity contribution in [3.63, 3.8) is 0 Å². The van der Waals surface area contributed by atoms with E-state index in [4.69, 9.17) is 5.11 Å². The van der Waals surface area contributed by atoms with Crippen molar-refractivity contribution in [3.8, 4) is 0 Å². The van der Waals surface area contributed by atoms with Gasteiger partial charge in [-0.3, -0.25) is 9.69 Å². The Morgan fingerprint density at radius 1 is 1.58 bits per heavy atom. The zero-order valence-corrected chi connectivity index (χ0v) is 7.67. The van der Waals surface area contributed by atoms with E-state index in [2.05, 4.69) is 17.9 Å². The molecule has 0 saturated heterocycles. The molecule has 0 fully saturated rings. The van der Waals surface area contributed by atoms with E-state index in [0.717, 1.165) is 4.90 Å². The summed E-state index contributed by atoms with van der Waals surface area (Å²) in [5.74, 6) is -0.248. The van der Waals surface area contributed by atoms with Crippen LogP contribution in [-0.4, -0.2) is 47.9 Å². The first-order valence-electron chi connectivity index (χ1n) is 3.41. The number of rotatable bonds is 3. The van der Waals surface area contributed by atoms with Crippen molar-refractivity contribution >= 4 is 24.6 Å². The molecule has 0 atom stereocenters. The van der Waals surface area contributed by atoms with Crippen LogP contribution in [0, 0.1) is 0 Å². The molecule has 2 N–H and O–H groups in total. The van der Waals surface area contributed by atoms with E-state index < -0.39 is 18.5 Å². The van der Waals surface area contributed by atoms with Crippen molar-refractivity contribution in [2.24, 2.45) is 0 Å². The molecule has 70 valence electrons. The molecular formula is C6H12N2O3S.